The van der Waals surface area contributed by atoms with E-state index in [0.29, 0.717) is 45.2 Å². The Morgan fingerprint density at radius 2 is 2.00 bits per heavy atom. The van der Waals surface area contributed by atoms with Crippen molar-refractivity contribution in [2.75, 3.05) is 26.3 Å². The number of hydrogen-bond donors (Lipinski definition) is 1. The van der Waals surface area contributed by atoms with E-state index in [-0.39, 0.29) is 5.25 Å². The SMILES string of the molecule is O=S(=O)(C1CCOCC1)N1CCC(NCc2cnsc2)CC1. The summed E-state index contributed by atoms with van der Waals surface area (Å²) in [6, 6.07) is 0.390. The van der Waals surface area contributed by atoms with Crippen LogP contribution in [0.1, 0.15) is 31.2 Å². The lowest BCUT2D eigenvalue weighted by molar-refractivity contribution is 0.0968. The van der Waals surface area contributed by atoms with Gasteiger partial charge >= 0.3 is 0 Å². The van der Waals surface area contributed by atoms with Crippen LogP contribution < -0.4 is 5.32 Å². The zero-order chi connectivity index (χ0) is 15.4. The van der Waals surface area contributed by atoms with Gasteiger partial charge in [-0.2, -0.15) is 0 Å². The molecule has 1 aromatic rings. The van der Waals surface area contributed by atoms with Gasteiger partial charge in [0.25, 0.3) is 0 Å². The number of nitrogens with zero attached hydrogens (tertiary/aromatic N) is 2. The van der Waals surface area contributed by atoms with Crippen LogP contribution >= 0.6 is 11.5 Å². The lowest BCUT2D eigenvalue weighted by Gasteiger charge is -2.35. The Morgan fingerprint density at radius 1 is 1.27 bits per heavy atom. The molecule has 0 unspecified atom stereocenters. The second-order valence-corrected chi connectivity index (χ2v) is 8.81. The molecule has 0 radical (unpaired) electrons. The Morgan fingerprint density at radius 3 is 2.64 bits per heavy atom. The van der Waals surface area contributed by atoms with Crippen molar-refractivity contribution in [2.45, 2.75) is 43.5 Å². The van der Waals surface area contributed by atoms with Gasteiger partial charge in [-0.3, -0.25) is 0 Å². The molecule has 0 aliphatic carbocycles. The largest absolute Gasteiger partial charge is 0.381 e. The molecule has 0 bridgehead atoms. The maximum Gasteiger partial charge on any atom is 0.217 e. The van der Waals surface area contributed by atoms with Gasteiger partial charge in [-0.25, -0.2) is 17.1 Å². The van der Waals surface area contributed by atoms with Crippen molar-refractivity contribution in [2.24, 2.45) is 0 Å². The normalized spacial score (nSPS) is 22.9. The zero-order valence-electron chi connectivity index (χ0n) is 12.6. The second kappa shape index (κ2) is 7.35. The molecular weight excluding hydrogens is 322 g/mol. The lowest BCUT2D eigenvalue weighted by atomic mass is 10.1. The quantitative estimate of drug-likeness (QED) is 0.868. The van der Waals surface area contributed by atoms with Crippen molar-refractivity contribution >= 4 is 21.6 Å². The monoisotopic (exact) mass is 345 g/mol. The van der Waals surface area contributed by atoms with Crippen LogP contribution in [0.25, 0.3) is 0 Å². The maximum absolute atomic E-state index is 12.6. The molecule has 1 aromatic heterocycles. The molecule has 0 spiro atoms. The molecule has 0 saturated carbocycles. The average molecular weight is 345 g/mol. The summed E-state index contributed by atoms with van der Waals surface area (Å²) in [7, 11) is -3.15. The minimum absolute atomic E-state index is 0.248. The Kier molecular flexibility index (Phi) is 5.46. The minimum Gasteiger partial charge on any atom is -0.381 e. The third kappa shape index (κ3) is 3.86. The number of sulfonamides is 1. The fraction of sp³-hybridized carbons (Fsp3) is 0.786. The molecule has 0 aromatic carbocycles. The Hall–Kier alpha value is -0.540. The van der Waals surface area contributed by atoms with E-state index in [0.717, 1.165) is 19.4 Å². The van der Waals surface area contributed by atoms with Crippen LogP contribution in [0.2, 0.25) is 0 Å². The number of aromatic nitrogens is 1. The molecule has 2 aliphatic heterocycles. The Bertz CT molecular complexity index is 548. The van der Waals surface area contributed by atoms with E-state index in [1.807, 2.05) is 11.6 Å². The molecule has 0 atom stereocenters. The molecular formula is C14H23N3O3S2. The predicted octanol–water partition coefficient (Wildman–Crippen LogP) is 1.21. The van der Waals surface area contributed by atoms with Crippen molar-refractivity contribution in [3.63, 3.8) is 0 Å². The van der Waals surface area contributed by atoms with E-state index < -0.39 is 10.0 Å². The van der Waals surface area contributed by atoms with E-state index in [1.54, 1.807) is 4.31 Å². The first-order valence-electron chi connectivity index (χ1n) is 7.84. The van der Waals surface area contributed by atoms with Crippen molar-refractivity contribution in [3.8, 4) is 0 Å². The third-order valence-corrected chi connectivity index (χ3v) is 7.52. The van der Waals surface area contributed by atoms with Crippen molar-refractivity contribution in [3.05, 3.63) is 17.1 Å². The summed E-state index contributed by atoms with van der Waals surface area (Å²) in [5.74, 6) is 0. The van der Waals surface area contributed by atoms with Crippen molar-refractivity contribution < 1.29 is 13.2 Å². The molecule has 2 saturated heterocycles. The molecule has 1 N–H and O–H groups in total. The first-order chi connectivity index (χ1) is 10.7. The molecule has 8 heteroatoms. The first kappa shape index (κ1) is 16.3. The number of rotatable bonds is 5. The summed E-state index contributed by atoms with van der Waals surface area (Å²) in [5, 5.41) is 5.29. The molecule has 3 heterocycles. The van der Waals surface area contributed by atoms with Crippen LogP contribution in [-0.2, 0) is 21.3 Å². The highest BCUT2D eigenvalue weighted by Crippen LogP contribution is 2.23. The molecule has 0 amide bonds. The summed E-state index contributed by atoms with van der Waals surface area (Å²) in [4.78, 5) is 0. The second-order valence-electron chi connectivity index (χ2n) is 5.94. The van der Waals surface area contributed by atoms with E-state index in [1.165, 1.54) is 17.1 Å². The van der Waals surface area contributed by atoms with Crippen LogP contribution in [0.5, 0.6) is 0 Å². The van der Waals surface area contributed by atoms with Crippen molar-refractivity contribution in [1.29, 1.82) is 0 Å². The molecule has 22 heavy (non-hydrogen) atoms. The first-order valence-corrected chi connectivity index (χ1v) is 10.2. The van der Waals surface area contributed by atoms with Crippen LogP contribution in [0.3, 0.4) is 0 Å². The summed E-state index contributed by atoms with van der Waals surface area (Å²) < 4.78 is 36.3. The topological polar surface area (TPSA) is 71.5 Å². The number of ether oxygens (including phenoxy) is 1. The molecule has 3 rings (SSSR count). The van der Waals surface area contributed by atoms with Gasteiger partial charge in [-0.05, 0) is 42.8 Å². The van der Waals surface area contributed by atoms with Gasteiger partial charge in [0.05, 0.1) is 5.25 Å². The predicted molar refractivity (Wildman–Crippen MR) is 86.3 cm³/mol. The highest BCUT2D eigenvalue weighted by Gasteiger charge is 2.35. The van der Waals surface area contributed by atoms with Crippen LogP contribution in [-0.4, -0.2) is 54.7 Å². The lowest BCUT2D eigenvalue weighted by Crippen LogP contribution is -2.48. The van der Waals surface area contributed by atoms with Gasteiger partial charge in [-0.1, -0.05) is 0 Å². The summed E-state index contributed by atoms with van der Waals surface area (Å²) in [5.41, 5.74) is 1.20. The number of hydrogen-bond acceptors (Lipinski definition) is 6. The number of piperidine rings is 1. The van der Waals surface area contributed by atoms with E-state index >= 15 is 0 Å². The summed E-state index contributed by atoms with van der Waals surface area (Å²) in [6.45, 7) is 3.19. The molecule has 2 fully saturated rings. The molecule has 124 valence electrons. The standard InChI is InChI=1S/C14H23N3O3S2/c18-22(19,14-3-7-20-8-4-14)17-5-1-13(2-6-17)15-9-12-10-16-21-11-12/h10-11,13-15H,1-9H2. The van der Waals surface area contributed by atoms with Gasteiger partial charge in [0, 0.05) is 50.5 Å². The average Bonchev–Trinajstić information content (AvgIpc) is 3.08. The zero-order valence-corrected chi connectivity index (χ0v) is 14.2. The van der Waals surface area contributed by atoms with Gasteiger partial charge in [0.15, 0.2) is 0 Å². The van der Waals surface area contributed by atoms with Gasteiger partial charge in [0.1, 0.15) is 0 Å². The van der Waals surface area contributed by atoms with Gasteiger partial charge in [0.2, 0.25) is 10.0 Å². The molecule has 6 nitrogen and oxygen atoms in total. The van der Waals surface area contributed by atoms with E-state index in [4.69, 9.17) is 4.74 Å². The summed E-state index contributed by atoms with van der Waals surface area (Å²) in [6.07, 6.45) is 4.89. The van der Waals surface area contributed by atoms with E-state index in [2.05, 4.69) is 9.69 Å². The van der Waals surface area contributed by atoms with Gasteiger partial charge < -0.3 is 10.1 Å². The number of nitrogens with one attached hydrogen (secondary N) is 1. The smallest absolute Gasteiger partial charge is 0.217 e. The highest BCUT2D eigenvalue weighted by molar-refractivity contribution is 7.89. The fourth-order valence-electron chi connectivity index (χ4n) is 3.08. The Labute approximate surface area is 136 Å². The minimum atomic E-state index is -3.15. The van der Waals surface area contributed by atoms with Crippen molar-refractivity contribution in [1.82, 2.24) is 14.0 Å². The Balaban J connectivity index is 1.48. The van der Waals surface area contributed by atoms with Crippen LogP contribution in [0.15, 0.2) is 11.6 Å². The van der Waals surface area contributed by atoms with Crippen LogP contribution in [0.4, 0.5) is 0 Å². The van der Waals surface area contributed by atoms with E-state index in [9.17, 15) is 8.42 Å². The van der Waals surface area contributed by atoms with Crippen LogP contribution in [0, 0.1) is 0 Å². The molecule has 2 aliphatic rings. The maximum atomic E-state index is 12.6. The summed E-state index contributed by atoms with van der Waals surface area (Å²) >= 11 is 1.46. The highest BCUT2D eigenvalue weighted by atomic mass is 32.2. The fourth-order valence-corrected chi connectivity index (χ4v) is 5.54. The van der Waals surface area contributed by atoms with Gasteiger partial charge in [-0.15, -0.1) is 0 Å². The third-order valence-electron chi connectivity index (χ3n) is 4.48.